The molecule has 0 bridgehead atoms. The van der Waals surface area contributed by atoms with Crippen molar-refractivity contribution in [3.05, 3.63) is 12.2 Å². The van der Waals surface area contributed by atoms with Crippen molar-refractivity contribution in [2.45, 2.75) is 46.5 Å². The molecule has 1 aromatic rings. The van der Waals surface area contributed by atoms with Crippen LogP contribution in [0.3, 0.4) is 0 Å². The molecule has 1 heterocycles. The standard InChI is InChI=1S/C7H13N3.C3H8/c1-3-4-5-7-8-6-9-10(7)2;1-3-2/h6H,3-5H2,1-2H3;3H2,1-2H3. The molecule has 0 radical (unpaired) electrons. The summed E-state index contributed by atoms with van der Waals surface area (Å²) in [5.74, 6) is 1.09. The van der Waals surface area contributed by atoms with Gasteiger partial charge in [0.1, 0.15) is 12.2 Å². The first kappa shape index (κ1) is 12.1. The Balaban J connectivity index is 0.000000424. The van der Waals surface area contributed by atoms with Crippen molar-refractivity contribution in [3.8, 4) is 0 Å². The van der Waals surface area contributed by atoms with Crippen LogP contribution >= 0.6 is 0 Å². The summed E-state index contributed by atoms with van der Waals surface area (Å²) in [6.07, 6.45) is 6.32. The number of aryl methyl sites for hydroxylation is 2. The Bertz CT molecular complexity index is 206. The second kappa shape index (κ2) is 7.77. The molecule has 1 rings (SSSR count). The summed E-state index contributed by atoms with van der Waals surface area (Å²) >= 11 is 0. The minimum Gasteiger partial charge on any atom is -0.253 e. The zero-order valence-electron chi connectivity index (χ0n) is 9.25. The van der Waals surface area contributed by atoms with Gasteiger partial charge in [0.15, 0.2) is 0 Å². The number of rotatable bonds is 3. The number of hydrogen-bond acceptors (Lipinski definition) is 2. The van der Waals surface area contributed by atoms with E-state index >= 15 is 0 Å². The molecule has 0 aliphatic rings. The molecular weight excluding hydrogens is 162 g/mol. The van der Waals surface area contributed by atoms with Crippen LogP contribution in [-0.2, 0) is 13.5 Å². The average Bonchev–Trinajstić information content (AvgIpc) is 2.49. The van der Waals surface area contributed by atoms with Crippen LogP contribution in [0.5, 0.6) is 0 Å². The highest BCUT2D eigenvalue weighted by Gasteiger charge is 1.96. The van der Waals surface area contributed by atoms with Crippen molar-refractivity contribution in [3.63, 3.8) is 0 Å². The molecule has 3 nitrogen and oxygen atoms in total. The van der Waals surface area contributed by atoms with Gasteiger partial charge in [0.2, 0.25) is 0 Å². The molecule has 76 valence electrons. The third-order valence-electron chi connectivity index (χ3n) is 1.56. The Morgan fingerprint density at radius 2 is 1.92 bits per heavy atom. The van der Waals surface area contributed by atoms with Crippen LogP contribution in [0.2, 0.25) is 0 Å². The maximum atomic E-state index is 4.11. The molecular formula is C10H21N3. The van der Waals surface area contributed by atoms with Crippen LogP contribution in [0.15, 0.2) is 6.33 Å². The Labute approximate surface area is 81.2 Å². The summed E-state index contributed by atoms with van der Waals surface area (Å²) in [6.45, 7) is 6.43. The highest BCUT2D eigenvalue weighted by Crippen LogP contribution is 1.98. The third-order valence-corrected chi connectivity index (χ3v) is 1.56. The highest BCUT2D eigenvalue weighted by molar-refractivity contribution is 4.82. The van der Waals surface area contributed by atoms with Gasteiger partial charge in [-0.2, -0.15) is 5.10 Å². The summed E-state index contributed by atoms with van der Waals surface area (Å²) in [4.78, 5) is 4.11. The quantitative estimate of drug-likeness (QED) is 0.721. The fraction of sp³-hybridized carbons (Fsp3) is 0.800. The van der Waals surface area contributed by atoms with Gasteiger partial charge < -0.3 is 0 Å². The molecule has 0 atom stereocenters. The molecule has 3 heteroatoms. The average molecular weight is 183 g/mol. The first-order chi connectivity index (χ1) is 6.26. The lowest BCUT2D eigenvalue weighted by Crippen LogP contribution is -1.98. The smallest absolute Gasteiger partial charge is 0.138 e. The minimum absolute atomic E-state index is 1.05. The van der Waals surface area contributed by atoms with Gasteiger partial charge in [-0.3, -0.25) is 4.68 Å². The van der Waals surface area contributed by atoms with Crippen molar-refractivity contribution in [1.29, 1.82) is 0 Å². The van der Waals surface area contributed by atoms with Crippen LogP contribution in [0, 0.1) is 0 Å². The van der Waals surface area contributed by atoms with Crippen LogP contribution in [0.4, 0.5) is 0 Å². The Kier molecular flexibility index (Phi) is 7.26. The third kappa shape index (κ3) is 5.39. The molecule has 0 aromatic carbocycles. The van der Waals surface area contributed by atoms with E-state index < -0.39 is 0 Å². The van der Waals surface area contributed by atoms with E-state index in [-0.39, 0.29) is 0 Å². The van der Waals surface area contributed by atoms with E-state index in [4.69, 9.17) is 0 Å². The fourth-order valence-corrected chi connectivity index (χ4v) is 0.881. The zero-order valence-corrected chi connectivity index (χ0v) is 9.25. The lowest BCUT2D eigenvalue weighted by Gasteiger charge is -1.96. The van der Waals surface area contributed by atoms with Crippen molar-refractivity contribution >= 4 is 0 Å². The Morgan fingerprint density at radius 3 is 2.31 bits per heavy atom. The number of aromatic nitrogens is 3. The minimum atomic E-state index is 1.05. The molecule has 0 aliphatic heterocycles. The predicted molar refractivity (Wildman–Crippen MR) is 55.6 cm³/mol. The summed E-state index contributed by atoms with van der Waals surface area (Å²) in [5.41, 5.74) is 0. The van der Waals surface area contributed by atoms with Gasteiger partial charge in [-0.25, -0.2) is 4.98 Å². The molecule has 0 spiro atoms. The monoisotopic (exact) mass is 183 g/mol. The van der Waals surface area contributed by atoms with E-state index in [2.05, 4.69) is 30.9 Å². The van der Waals surface area contributed by atoms with Crippen molar-refractivity contribution in [2.75, 3.05) is 0 Å². The molecule has 0 saturated heterocycles. The number of unbranched alkanes of at least 4 members (excludes halogenated alkanes) is 1. The maximum absolute atomic E-state index is 4.11. The van der Waals surface area contributed by atoms with Gasteiger partial charge >= 0.3 is 0 Å². The summed E-state index contributed by atoms with van der Waals surface area (Å²) in [7, 11) is 1.93. The van der Waals surface area contributed by atoms with E-state index in [1.807, 2.05) is 11.7 Å². The molecule has 0 aliphatic carbocycles. The normalized spacial score (nSPS) is 9.23. The maximum Gasteiger partial charge on any atom is 0.138 e. The van der Waals surface area contributed by atoms with Crippen molar-refractivity contribution in [2.24, 2.45) is 7.05 Å². The number of nitrogens with zero attached hydrogens (tertiary/aromatic N) is 3. The van der Waals surface area contributed by atoms with Crippen molar-refractivity contribution in [1.82, 2.24) is 14.8 Å². The van der Waals surface area contributed by atoms with Gasteiger partial charge in [0, 0.05) is 13.5 Å². The predicted octanol–water partition coefficient (Wildman–Crippen LogP) is 2.57. The molecule has 0 fully saturated rings. The fourth-order valence-electron chi connectivity index (χ4n) is 0.881. The van der Waals surface area contributed by atoms with E-state index in [1.165, 1.54) is 19.3 Å². The van der Waals surface area contributed by atoms with Crippen LogP contribution in [0.25, 0.3) is 0 Å². The SMILES string of the molecule is CCC.CCCCc1ncnn1C. The summed E-state index contributed by atoms with van der Waals surface area (Å²) in [5, 5.41) is 3.98. The second-order valence-corrected chi connectivity index (χ2v) is 3.11. The highest BCUT2D eigenvalue weighted by atomic mass is 15.3. The van der Waals surface area contributed by atoms with E-state index in [0.717, 1.165) is 12.2 Å². The van der Waals surface area contributed by atoms with Gasteiger partial charge in [-0.1, -0.05) is 33.6 Å². The second-order valence-electron chi connectivity index (χ2n) is 3.11. The first-order valence-corrected chi connectivity index (χ1v) is 5.09. The Morgan fingerprint density at radius 1 is 1.31 bits per heavy atom. The number of hydrogen-bond donors (Lipinski definition) is 0. The van der Waals surface area contributed by atoms with Crippen molar-refractivity contribution < 1.29 is 0 Å². The van der Waals surface area contributed by atoms with Gasteiger partial charge in [-0.15, -0.1) is 0 Å². The molecule has 1 aromatic heterocycles. The van der Waals surface area contributed by atoms with Gasteiger partial charge in [-0.05, 0) is 6.42 Å². The van der Waals surface area contributed by atoms with Gasteiger partial charge in [0.25, 0.3) is 0 Å². The molecule has 0 unspecified atom stereocenters. The van der Waals surface area contributed by atoms with E-state index in [9.17, 15) is 0 Å². The molecule has 0 saturated carbocycles. The largest absolute Gasteiger partial charge is 0.253 e. The van der Waals surface area contributed by atoms with E-state index in [1.54, 1.807) is 6.33 Å². The summed E-state index contributed by atoms with van der Waals surface area (Å²) < 4.78 is 1.83. The molecule has 0 amide bonds. The lowest BCUT2D eigenvalue weighted by atomic mass is 10.2. The topological polar surface area (TPSA) is 30.7 Å². The van der Waals surface area contributed by atoms with Crippen LogP contribution in [0.1, 0.15) is 45.9 Å². The lowest BCUT2D eigenvalue weighted by molar-refractivity contribution is 0.664. The molecule has 0 N–H and O–H groups in total. The zero-order chi connectivity index (χ0) is 10.1. The first-order valence-electron chi connectivity index (χ1n) is 5.09. The summed E-state index contributed by atoms with van der Waals surface area (Å²) in [6, 6.07) is 0. The molecule has 13 heavy (non-hydrogen) atoms. The van der Waals surface area contributed by atoms with Gasteiger partial charge in [0.05, 0.1) is 0 Å². The van der Waals surface area contributed by atoms with Crippen LogP contribution in [-0.4, -0.2) is 14.8 Å². The van der Waals surface area contributed by atoms with Crippen LogP contribution < -0.4 is 0 Å². The Hall–Kier alpha value is -0.860. The van der Waals surface area contributed by atoms with E-state index in [0.29, 0.717) is 0 Å².